The zero-order chi connectivity index (χ0) is 74.4. The van der Waals surface area contributed by atoms with Crippen molar-refractivity contribution in [2.75, 3.05) is 32.8 Å². The van der Waals surface area contributed by atoms with Gasteiger partial charge in [0.05, 0.1) is 6.61 Å². The van der Waals surface area contributed by atoms with Crippen LogP contribution < -0.4 is 70.8 Å². The summed E-state index contributed by atoms with van der Waals surface area (Å²) in [6.45, 7) is 1.73. The number of carboxylic acids is 1. The van der Waals surface area contributed by atoms with Crippen molar-refractivity contribution in [2.45, 2.75) is 145 Å². The predicted octanol–water partition coefficient (Wildman–Crippen LogP) is 0.110. The zero-order valence-electron chi connectivity index (χ0n) is 57.7. The van der Waals surface area contributed by atoms with Crippen LogP contribution in [-0.2, 0) is 80.0 Å². The fourth-order valence-corrected chi connectivity index (χ4v) is 11.9. The third-order valence-electron chi connectivity index (χ3n) is 17.3. The Morgan fingerprint density at radius 1 is 0.485 bits per heavy atom. The number of aliphatic hydroxyl groups excluding tert-OH is 1. The summed E-state index contributed by atoms with van der Waals surface area (Å²) >= 11 is 0. The van der Waals surface area contributed by atoms with E-state index in [0.717, 1.165) is 21.9 Å². The van der Waals surface area contributed by atoms with Crippen molar-refractivity contribution in [2.24, 2.45) is 32.9 Å². The number of benzene rings is 6. The number of carbonyl (C=O) groups excluding carboxylic acids is 9. The number of carboxylic acid groups (broad SMARTS) is 1. The molecular weight excluding hydrogens is 1320 g/mol. The number of fused-ring (bicyclic) bond motifs is 1. The van der Waals surface area contributed by atoms with E-state index in [4.69, 9.17) is 22.9 Å². The van der Waals surface area contributed by atoms with E-state index in [1.54, 1.807) is 54.6 Å². The monoisotopic (exact) mass is 1410 g/mol. The van der Waals surface area contributed by atoms with E-state index < -0.39 is 126 Å². The number of phenolic OH excluding ortho intramolecular Hbond substituents is 1. The number of nitrogens with one attached hydrogen (secondary N) is 9. The molecule has 0 spiro atoms. The molecular formula is C74H94N16O13. The lowest BCUT2D eigenvalue weighted by atomic mass is 9.99. The van der Waals surface area contributed by atoms with E-state index in [-0.39, 0.29) is 108 Å². The van der Waals surface area contributed by atoms with Crippen molar-refractivity contribution in [1.82, 2.24) is 52.8 Å². The van der Waals surface area contributed by atoms with Gasteiger partial charge in [0.15, 0.2) is 11.9 Å². The molecule has 9 amide bonds. The SMILES string of the molecule is CC(=O)N[C@@H](Cc1ccc2ccccc2c1)C(=O)N[C@@H](Cc1ccccc1)C(=O)N[C@H](CN[C@@H](CO)C(=O)N[C@@H](Cc1ccc(O)cc1)C(=O)N[C@@H](CCCN=C(N)N)C(=O)N[C@@H](Cc1ccccc1)C(=O)N[C@@H](CCCN=C(N)N)C(=O)N1CCC[C@@H]1C(=O)N[C@@H](C)C(=O)O)Cc1ccccc1. The molecule has 1 saturated heterocycles. The minimum Gasteiger partial charge on any atom is -0.508 e. The number of carbonyl (C=O) groups is 10. The number of amides is 9. The Hall–Kier alpha value is -11.5. The molecule has 548 valence electrons. The van der Waals surface area contributed by atoms with Crippen molar-refractivity contribution in [3.63, 3.8) is 0 Å². The summed E-state index contributed by atoms with van der Waals surface area (Å²) in [7, 11) is 0. The molecule has 0 aromatic heterocycles. The Morgan fingerprint density at radius 2 is 0.903 bits per heavy atom. The highest BCUT2D eigenvalue weighted by Gasteiger charge is 2.40. The molecule has 20 N–H and O–H groups in total. The highest BCUT2D eigenvalue weighted by Crippen LogP contribution is 2.22. The molecule has 6 aromatic rings. The average Bonchev–Trinajstić information content (AvgIpc) is 1.82. The van der Waals surface area contributed by atoms with Gasteiger partial charge in [0.2, 0.25) is 53.2 Å². The second kappa shape index (κ2) is 40.1. The van der Waals surface area contributed by atoms with Crippen LogP contribution in [0.25, 0.3) is 10.8 Å². The predicted molar refractivity (Wildman–Crippen MR) is 388 cm³/mol. The smallest absolute Gasteiger partial charge is 0.325 e. The quantitative estimate of drug-likeness (QED) is 0.0138. The van der Waals surface area contributed by atoms with Crippen LogP contribution in [0.4, 0.5) is 0 Å². The normalized spacial score (nSPS) is 15.1. The molecule has 10 atom stereocenters. The van der Waals surface area contributed by atoms with Crippen molar-refractivity contribution in [3.05, 3.63) is 186 Å². The van der Waals surface area contributed by atoms with Crippen molar-refractivity contribution < 1.29 is 63.3 Å². The lowest BCUT2D eigenvalue weighted by Crippen LogP contribution is -2.61. The molecule has 29 nitrogen and oxygen atoms in total. The topological polar surface area (TPSA) is 472 Å². The van der Waals surface area contributed by atoms with Crippen LogP contribution in [0.2, 0.25) is 0 Å². The van der Waals surface area contributed by atoms with Gasteiger partial charge in [-0.05, 0) is 103 Å². The lowest BCUT2D eigenvalue weighted by Gasteiger charge is -2.30. The van der Waals surface area contributed by atoms with Crippen molar-refractivity contribution >= 4 is 81.8 Å². The number of phenols is 1. The number of aliphatic hydroxyl groups is 1. The third kappa shape index (κ3) is 25.9. The summed E-state index contributed by atoms with van der Waals surface area (Å²) in [6.07, 6.45) is 0.596. The summed E-state index contributed by atoms with van der Waals surface area (Å²) in [5, 5.41) is 57.9. The number of aromatic hydroxyl groups is 1. The van der Waals surface area contributed by atoms with E-state index in [0.29, 0.717) is 23.1 Å². The number of hydrogen-bond donors (Lipinski definition) is 16. The molecule has 1 fully saturated rings. The molecule has 1 aliphatic heterocycles. The lowest BCUT2D eigenvalue weighted by molar-refractivity contribution is -0.144. The van der Waals surface area contributed by atoms with Gasteiger partial charge in [-0.15, -0.1) is 0 Å². The molecule has 0 saturated carbocycles. The van der Waals surface area contributed by atoms with Gasteiger partial charge in [-0.25, -0.2) is 0 Å². The number of rotatable bonds is 39. The van der Waals surface area contributed by atoms with Gasteiger partial charge >= 0.3 is 5.97 Å². The highest BCUT2D eigenvalue weighted by atomic mass is 16.4. The number of nitrogens with zero attached hydrogens (tertiary/aromatic N) is 3. The molecule has 0 radical (unpaired) electrons. The minimum atomic E-state index is -1.51. The van der Waals surface area contributed by atoms with E-state index in [1.165, 1.54) is 43.0 Å². The minimum absolute atomic E-state index is 0.0122. The first-order valence-corrected chi connectivity index (χ1v) is 34.2. The standard InChI is InChI=1S/C74H94N16O13/c1-45(72(102)103)82-70(100)63-27-16-36-90(63)71(101)57(26-15-35-80-74(77)78)86-68(98)60(40-49-21-10-5-11-22-49)87-64(94)56(25-14-34-79-73(75)76)85-67(97)61(41-50-29-32-55(93)33-30-50)89-69(99)62(44-91)81-43-54(38-47-17-6-3-7-18-47)84-65(95)59(39-48-19-8-4-9-20-48)88-66(96)58(83-46(2)92)42-51-28-31-52-23-12-13-24-53(52)37-51/h3-13,17-24,28-33,37,45,54,56-63,81,91,93H,14-16,25-27,34-36,38-44H2,1-2H3,(H,82,100)(H,83,92)(H,84,95)(H,85,97)(H,86,98)(H,87,94)(H,88,96)(H,89,99)(H,102,103)(H4,75,76,79)(H4,77,78,80)/t45-,54-,56-,57-,58-,59-,60-,61-,62-,63+/m0/s1. The van der Waals surface area contributed by atoms with Crippen LogP contribution in [0.5, 0.6) is 5.75 Å². The maximum atomic E-state index is 15.0. The summed E-state index contributed by atoms with van der Waals surface area (Å²) in [5.74, 6) is -8.42. The van der Waals surface area contributed by atoms with Gasteiger partial charge in [0.25, 0.3) is 0 Å². The average molecular weight is 1420 g/mol. The van der Waals surface area contributed by atoms with Crippen LogP contribution in [0.1, 0.15) is 80.2 Å². The fraction of sp³-hybridized carbons (Fsp3) is 0.378. The molecule has 0 aliphatic carbocycles. The molecule has 103 heavy (non-hydrogen) atoms. The third-order valence-corrected chi connectivity index (χ3v) is 17.3. The largest absolute Gasteiger partial charge is 0.508 e. The first-order chi connectivity index (χ1) is 49.4. The Kier molecular flexibility index (Phi) is 30.7. The second-order valence-corrected chi connectivity index (χ2v) is 25.4. The van der Waals surface area contributed by atoms with Crippen LogP contribution in [0.15, 0.2) is 168 Å². The van der Waals surface area contributed by atoms with Gasteiger partial charge in [-0.1, -0.05) is 146 Å². The van der Waals surface area contributed by atoms with E-state index in [2.05, 4.69) is 57.8 Å². The molecule has 7 rings (SSSR count). The molecule has 1 aliphatic rings. The van der Waals surface area contributed by atoms with E-state index in [1.807, 2.05) is 78.9 Å². The van der Waals surface area contributed by atoms with Crippen LogP contribution >= 0.6 is 0 Å². The van der Waals surface area contributed by atoms with Gasteiger partial charge < -0.3 is 91.0 Å². The van der Waals surface area contributed by atoms with E-state index >= 15 is 0 Å². The Morgan fingerprint density at radius 3 is 1.41 bits per heavy atom. The molecule has 1 heterocycles. The Bertz CT molecular complexity index is 3900. The zero-order valence-corrected chi connectivity index (χ0v) is 57.7. The second-order valence-electron chi connectivity index (χ2n) is 25.4. The Balaban J connectivity index is 1.13. The molecule has 29 heteroatoms. The summed E-state index contributed by atoms with van der Waals surface area (Å²) in [5.41, 5.74) is 25.8. The number of nitrogens with two attached hydrogens (primary N) is 4. The van der Waals surface area contributed by atoms with Gasteiger partial charge in [-0.3, -0.25) is 57.9 Å². The summed E-state index contributed by atoms with van der Waals surface area (Å²) in [4.78, 5) is 150. The highest BCUT2D eigenvalue weighted by molar-refractivity contribution is 5.98. The molecule has 0 bridgehead atoms. The fourth-order valence-electron chi connectivity index (χ4n) is 11.9. The van der Waals surface area contributed by atoms with Crippen LogP contribution in [0, 0.1) is 0 Å². The number of aliphatic imine (C=N–C) groups is 2. The van der Waals surface area contributed by atoms with Gasteiger partial charge in [-0.2, -0.15) is 0 Å². The van der Waals surface area contributed by atoms with Crippen molar-refractivity contribution in [1.29, 1.82) is 0 Å². The van der Waals surface area contributed by atoms with Gasteiger partial charge in [0.1, 0.15) is 60.1 Å². The van der Waals surface area contributed by atoms with Crippen LogP contribution in [0.3, 0.4) is 0 Å². The number of hydrogen-bond acceptors (Lipinski definition) is 15. The molecule has 0 unspecified atom stereocenters. The first-order valence-electron chi connectivity index (χ1n) is 34.2. The first kappa shape index (κ1) is 78.9. The number of aliphatic carboxylic acids is 1. The Labute approximate surface area is 597 Å². The number of likely N-dealkylation sites (tertiary alicyclic amines) is 1. The molecule has 6 aromatic carbocycles. The van der Waals surface area contributed by atoms with E-state index in [9.17, 15) is 63.3 Å². The summed E-state index contributed by atoms with van der Waals surface area (Å²) < 4.78 is 0. The maximum absolute atomic E-state index is 15.0. The summed E-state index contributed by atoms with van der Waals surface area (Å²) in [6, 6.07) is 33.3. The maximum Gasteiger partial charge on any atom is 0.325 e. The van der Waals surface area contributed by atoms with Crippen molar-refractivity contribution in [3.8, 4) is 5.75 Å². The van der Waals surface area contributed by atoms with Gasteiger partial charge in [0, 0.05) is 64.8 Å². The van der Waals surface area contributed by atoms with Crippen LogP contribution in [-0.4, -0.2) is 184 Å². The number of guanidine groups is 2.